The Morgan fingerprint density at radius 3 is 2.75 bits per heavy atom. The molecule has 1 aliphatic rings. The predicted octanol–water partition coefficient (Wildman–Crippen LogP) is 2.65. The van der Waals surface area contributed by atoms with Crippen molar-refractivity contribution in [3.63, 3.8) is 0 Å². The SMILES string of the molecule is Cc1csc([C@@H]2CN([C@@H](C(=O)N(C)C)c3ccccc3)CCO2)n1. The maximum absolute atomic E-state index is 12.8. The molecule has 0 spiro atoms. The molecule has 1 saturated heterocycles. The second kappa shape index (κ2) is 7.42. The van der Waals surface area contributed by atoms with Gasteiger partial charge in [0.1, 0.15) is 17.2 Å². The van der Waals surface area contributed by atoms with Crippen LogP contribution in [0.3, 0.4) is 0 Å². The quantitative estimate of drug-likeness (QED) is 0.855. The van der Waals surface area contributed by atoms with Crippen molar-refractivity contribution in [2.75, 3.05) is 33.8 Å². The van der Waals surface area contributed by atoms with Gasteiger partial charge in [-0.05, 0) is 12.5 Å². The number of rotatable bonds is 4. The van der Waals surface area contributed by atoms with E-state index >= 15 is 0 Å². The number of carbonyl (C=O) groups excluding carboxylic acids is 1. The predicted molar refractivity (Wildman–Crippen MR) is 95.0 cm³/mol. The molecule has 2 heterocycles. The molecule has 0 unspecified atom stereocenters. The summed E-state index contributed by atoms with van der Waals surface area (Å²) >= 11 is 1.62. The normalized spacial score (nSPS) is 19.9. The van der Waals surface area contributed by atoms with Crippen LogP contribution in [0.4, 0.5) is 0 Å². The molecule has 0 N–H and O–H groups in total. The smallest absolute Gasteiger partial charge is 0.244 e. The Bertz CT molecular complexity index is 687. The topological polar surface area (TPSA) is 45.7 Å². The molecule has 1 aliphatic heterocycles. The van der Waals surface area contributed by atoms with Gasteiger partial charge in [0.25, 0.3) is 0 Å². The van der Waals surface area contributed by atoms with Gasteiger partial charge in [0, 0.05) is 38.3 Å². The Labute approximate surface area is 146 Å². The van der Waals surface area contributed by atoms with Crippen LogP contribution < -0.4 is 0 Å². The average Bonchev–Trinajstić information content (AvgIpc) is 3.03. The third-order valence-electron chi connectivity index (χ3n) is 4.17. The summed E-state index contributed by atoms with van der Waals surface area (Å²) in [5.74, 6) is 0.0946. The van der Waals surface area contributed by atoms with Crippen molar-refractivity contribution in [1.82, 2.24) is 14.8 Å². The maximum Gasteiger partial charge on any atom is 0.244 e. The summed E-state index contributed by atoms with van der Waals surface area (Å²) in [6, 6.07) is 9.68. The van der Waals surface area contributed by atoms with Crippen LogP contribution in [0.1, 0.15) is 28.4 Å². The molecule has 0 bridgehead atoms. The molecule has 1 aromatic carbocycles. The number of ether oxygens (including phenoxy) is 1. The van der Waals surface area contributed by atoms with Crippen molar-refractivity contribution in [2.24, 2.45) is 0 Å². The Balaban J connectivity index is 1.85. The molecular formula is C18H23N3O2S. The summed E-state index contributed by atoms with van der Waals surface area (Å²) < 4.78 is 5.92. The van der Waals surface area contributed by atoms with Crippen molar-refractivity contribution in [1.29, 1.82) is 0 Å². The lowest BCUT2D eigenvalue weighted by Crippen LogP contribution is -2.46. The second-order valence-electron chi connectivity index (χ2n) is 6.23. The van der Waals surface area contributed by atoms with Crippen molar-refractivity contribution >= 4 is 17.2 Å². The minimum Gasteiger partial charge on any atom is -0.368 e. The number of benzene rings is 1. The number of amides is 1. The first-order valence-corrected chi connectivity index (χ1v) is 8.98. The third kappa shape index (κ3) is 3.66. The van der Waals surface area contributed by atoms with Crippen molar-refractivity contribution < 1.29 is 9.53 Å². The number of hydrogen-bond acceptors (Lipinski definition) is 5. The van der Waals surface area contributed by atoms with E-state index in [1.165, 1.54) is 0 Å². The van der Waals surface area contributed by atoms with E-state index in [0.29, 0.717) is 13.2 Å². The fourth-order valence-electron chi connectivity index (χ4n) is 2.96. The Hall–Kier alpha value is -1.76. The largest absolute Gasteiger partial charge is 0.368 e. The van der Waals surface area contributed by atoms with Gasteiger partial charge in [0.05, 0.1) is 6.61 Å². The van der Waals surface area contributed by atoms with E-state index < -0.39 is 0 Å². The van der Waals surface area contributed by atoms with Gasteiger partial charge in [-0.25, -0.2) is 4.98 Å². The van der Waals surface area contributed by atoms with Gasteiger partial charge >= 0.3 is 0 Å². The zero-order valence-electron chi connectivity index (χ0n) is 14.3. The highest BCUT2D eigenvalue weighted by atomic mass is 32.1. The van der Waals surface area contributed by atoms with Gasteiger partial charge in [-0.3, -0.25) is 9.69 Å². The van der Waals surface area contributed by atoms with Crippen LogP contribution >= 0.6 is 11.3 Å². The standard InChI is InChI=1S/C18H23N3O2S/c1-13-12-24-17(19-13)15-11-21(9-10-23-15)16(18(22)20(2)3)14-7-5-4-6-8-14/h4-8,12,15-16H,9-11H2,1-3H3/t15-,16+/m0/s1. The van der Waals surface area contributed by atoms with E-state index in [1.807, 2.05) is 42.6 Å². The minimum absolute atomic E-state index is 0.0707. The first-order chi connectivity index (χ1) is 11.6. The van der Waals surface area contributed by atoms with Gasteiger partial charge in [-0.1, -0.05) is 30.3 Å². The molecule has 24 heavy (non-hydrogen) atoms. The number of thiazole rings is 1. The van der Waals surface area contributed by atoms with E-state index in [9.17, 15) is 4.79 Å². The summed E-state index contributed by atoms with van der Waals surface area (Å²) in [5, 5.41) is 3.03. The molecule has 1 fully saturated rings. The molecule has 0 radical (unpaired) electrons. The summed E-state index contributed by atoms with van der Waals surface area (Å²) in [7, 11) is 3.61. The van der Waals surface area contributed by atoms with Crippen LogP contribution in [0.2, 0.25) is 0 Å². The van der Waals surface area contributed by atoms with Crippen LogP contribution in [0.5, 0.6) is 0 Å². The number of aromatic nitrogens is 1. The fourth-order valence-corrected chi connectivity index (χ4v) is 3.80. The van der Waals surface area contributed by atoms with E-state index in [4.69, 9.17) is 4.74 Å². The number of likely N-dealkylation sites (N-methyl/N-ethyl adjacent to an activating group) is 1. The Morgan fingerprint density at radius 1 is 1.38 bits per heavy atom. The maximum atomic E-state index is 12.8. The summed E-state index contributed by atoms with van der Waals surface area (Å²) in [5.41, 5.74) is 2.03. The van der Waals surface area contributed by atoms with Crippen LogP contribution in [0.15, 0.2) is 35.7 Å². The molecule has 1 aromatic heterocycles. The molecule has 128 valence electrons. The van der Waals surface area contributed by atoms with E-state index in [1.54, 1.807) is 30.3 Å². The van der Waals surface area contributed by atoms with Crippen LogP contribution in [-0.4, -0.2) is 54.5 Å². The molecule has 1 amide bonds. The van der Waals surface area contributed by atoms with Crippen molar-refractivity contribution in [3.05, 3.63) is 52.0 Å². The molecule has 5 nitrogen and oxygen atoms in total. The van der Waals surface area contributed by atoms with Gasteiger partial charge in [-0.2, -0.15) is 0 Å². The molecule has 0 saturated carbocycles. The molecule has 2 atom stereocenters. The number of morpholine rings is 1. The van der Waals surface area contributed by atoms with Gasteiger partial charge in [-0.15, -0.1) is 11.3 Å². The summed E-state index contributed by atoms with van der Waals surface area (Å²) in [4.78, 5) is 21.2. The van der Waals surface area contributed by atoms with E-state index in [2.05, 4.69) is 9.88 Å². The molecular weight excluding hydrogens is 322 g/mol. The van der Waals surface area contributed by atoms with Crippen LogP contribution in [-0.2, 0) is 9.53 Å². The number of aryl methyl sites for hydroxylation is 1. The van der Waals surface area contributed by atoms with E-state index in [0.717, 1.165) is 22.8 Å². The highest BCUT2D eigenvalue weighted by molar-refractivity contribution is 7.09. The summed E-state index contributed by atoms with van der Waals surface area (Å²) in [6.07, 6.45) is -0.0707. The first kappa shape index (κ1) is 17.1. The lowest BCUT2D eigenvalue weighted by Gasteiger charge is -2.38. The van der Waals surface area contributed by atoms with E-state index in [-0.39, 0.29) is 18.1 Å². The van der Waals surface area contributed by atoms with Crippen molar-refractivity contribution in [2.45, 2.75) is 19.1 Å². The molecule has 6 heteroatoms. The molecule has 3 rings (SSSR count). The Morgan fingerprint density at radius 2 is 2.12 bits per heavy atom. The molecule has 0 aliphatic carbocycles. The fraction of sp³-hybridized carbons (Fsp3) is 0.444. The zero-order chi connectivity index (χ0) is 17.1. The highest BCUT2D eigenvalue weighted by Crippen LogP contribution is 2.31. The van der Waals surface area contributed by atoms with Crippen molar-refractivity contribution in [3.8, 4) is 0 Å². The number of carbonyl (C=O) groups is 1. The minimum atomic E-state index is -0.284. The lowest BCUT2D eigenvalue weighted by atomic mass is 10.0. The highest BCUT2D eigenvalue weighted by Gasteiger charge is 2.34. The Kier molecular flexibility index (Phi) is 5.28. The third-order valence-corrected chi connectivity index (χ3v) is 5.22. The summed E-state index contributed by atoms with van der Waals surface area (Å²) in [6.45, 7) is 4.00. The average molecular weight is 345 g/mol. The number of nitrogens with zero attached hydrogens (tertiary/aromatic N) is 3. The van der Waals surface area contributed by atoms with Crippen LogP contribution in [0, 0.1) is 6.92 Å². The van der Waals surface area contributed by atoms with Gasteiger partial charge in [0.15, 0.2) is 0 Å². The second-order valence-corrected chi connectivity index (χ2v) is 7.12. The lowest BCUT2D eigenvalue weighted by molar-refractivity contribution is -0.138. The number of hydrogen-bond donors (Lipinski definition) is 0. The van der Waals surface area contributed by atoms with Gasteiger partial charge in [0.2, 0.25) is 5.91 Å². The monoisotopic (exact) mass is 345 g/mol. The molecule has 2 aromatic rings. The first-order valence-electron chi connectivity index (χ1n) is 8.10. The zero-order valence-corrected chi connectivity index (χ0v) is 15.1. The van der Waals surface area contributed by atoms with Gasteiger partial charge < -0.3 is 9.64 Å². The van der Waals surface area contributed by atoms with Crippen LogP contribution in [0.25, 0.3) is 0 Å².